The quantitative estimate of drug-likeness (QED) is 0.635. The van der Waals surface area contributed by atoms with E-state index in [-0.39, 0.29) is 5.91 Å². The molecular formula is C25H22N4O2. The number of benzene rings is 2. The van der Waals surface area contributed by atoms with Crippen molar-refractivity contribution in [1.82, 2.24) is 10.1 Å². The molecule has 3 aromatic rings. The van der Waals surface area contributed by atoms with Crippen molar-refractivity contribution in [2.75, 3.05) is 0 Å². The maximum absolute atomic E-state index is 13.3. The van der Waals surface area contributed by atoms with Gasteiger partial charge < -0.3 is 4.52 Å². The van der Waals surface area contributed by atoms with Gasteiger partial charge in [0, 0.05) is 30.2 Å². The van der Waals surface area contributed by atoms with Crippen molar-refractivity contribution in [2.45, 2.75) is 32.7 Å². The Labute approximate surface area is 180 Å². The Hall–Kier alpha value is -3.80. The largest absolute Gasteiger partial charge is 0.361 e. The Morgan fingerprint density at radius 3 is 2.39 bits per heavy atom. The van der Waals surface area contributed by atoms with Crippen LogP contribution in [0, 0.1) is 13.8 Å². The molecule has 1 unspecified atom stereocenters. The summed E-state index contributed by atoms with van der Waals surface area (Å²) in [4.78, 5) is 24.7. The van der Waals surface area contributed by atoms with Crippen LogP contribution in [0.25, 0.3) is 5.70 Å². The van der Waals surface area contributed by atoms with Gasteiger partial charge in [-0.2, -0.15) is 0 Å². The van der Waals surface area contributed by atoms with E-state index in [1.54, 1.807) is 11.1 Å². The molecule has 0 fully saturated rings. The second-order valence-electron chi connectivity index (χ2n) is 7.78. The van der Waals surface area contributed by atoms with E-state index >= 15 is 0 Å². The van der Waals surface area contributed by atoms with Gasteiger partial charge in [-0.1, -0.05) is 65.8 Å². The maximum Gasteiger partial charge on any atom is 0.257 e. The monoisotopic (exact) mass is 410 g/mol. The minimum absolute atomic E-state index is 0.0520. The molecule has 6 nitrogen and oxygen atoms in total. The van der Waals surface area contributed by atoms with Crippen LogP contribution in [0.4, 0.5) is 0 Å². The number of aromatic nitrogens is 1. The number of amidine groups is 1. The van der Waals surface area contributed by atoms with Crippen LogP contribution in [-0.2, 0) is 17.6 Å². The smallest absolute Gasteiger partial charge is 0.257 e. The number of hydrogen-bond acceptors (Lipinski definition) is 5. The zero-order valence-corrected chi connectivity index (χ0v) is 17.4. The first kappa shape index (κ1) is 19.2. The van der Waals surface area contributed by atoms with Crippen LogP contribution in [-0.4, -0.2) is 33.6 Å². The lowest BCUT2D eigenvalue weighted by Gasteiger charge is -2.22. The molecule has 3 heterocycles. The standard InChI is InChI=1S/C25H22N4O2/c1-16-20(17(2)31-28-16)14-22-25(30)29-15-23(19-11-7-4-8-12-19)26-21(24(29)27-22)13-18-9-5-3-6-10-18/h3-12,15,22H,13-14H2,1-2H3. The van der Waals surface area contributed by atoms with Gasteiger partial charge >= 0.3 is 0 Å². The third-order valence-corrected chi connectivity index (χ3v) is 5.66. The van der Waals surface area contributed by atoms with E-state index in [0.717, 1.165) is 39.6 Å². The third-order valence-electron chi connectivity index (χ3n) is 5.66. The molecule has 6 heteroatoms. The van der Waals surface area contributed by atoms with E-state index in [4.69, 9.17) is 14.5 Å². The molecule has 2 aliphatic heterocycles. The summed E-state index contributed by atoms with van der Waals surface area (Å²) in [7, 11) is 0. The van der Waals surface area contributed by atoms with E-state index in [9.17, 15) is 4.79 Å². The minimum atomic E-state index is -0.515. The summed E-state index contributed by atoms with van der Waals surface area (Å²) in [5, 5.41) is 4.01. The van der Waals surface area contributed by atoms with Crippen molar-refractivity contribution >= 4 is 23.2 Å². The Balaban J connectivity index is 1.53. The van der Waals surface area contributed by atoms with E-state index in [2.05, 4.69) is 17.3 Å². The van der Waals surface area contributed by atoms with Crippen molar-refractivity contribution in [3.05, 3.63) is 95.0 Å². The van der Waals surface area contributed by atoms with Crippen LogP contribution >= 0.6 is 0 Å². The molecule has 0 bridgehead atoms. The lowest BCUT2D eigenvalue weighted by Crippen LogP contribution is -2.38. The van der Waals surface area contributed by atoms with Gasteiger partial charge in [-0.25, -0.2) is 4.99 Å². The molecule has 0 aliphatic carbocycles. The summed E-state index contributed by atoms with van der Waals surface area (Å²) < 4.78 is 5.28. The van der Waals surface area contributed by atoms with Gasteiger partial charge in [0.2, 0.25) is 0 Å². The number of aryl methyl sites for hydroxylation is 2. The molecule has 0 saturated carbocycles. The normalized spacial score (nSPS) is 17.9. The fraction of sp³-hybridized carbons (Fsp3) is 0.200. The van der Waals surface area contributed by atoms with Crippen LogP contribution in [0.3, 0.4) is 0 Å². The lowest BCUT2D eigenvalue weighted by atomic mass is 10.0. The number of carbonyl (C=O) groups is 1. The molecule has 0 spiro atoms. The first-order chi connectivity index (χ1) is 15.1. The van der Waals surface area contributed by atoms with E-state index in [0.29, 0.717) is 18.7 Å². The summed E-state index contributed by atoms with van der Waals surface area (Å²) in [5.41, 5.74) is 5.39. The first-order valence-corrected chi connectivity index (χ1v) is 10.3. The molecular weight excluding hydrogens is 388 g/mol. The molecule has 2 aliphatic rings. The van der Waals surface area contributed by atoms with Crippen LogP contribution in [0.2, 0.25) is 0 Å². The summed E-state index contributed by atoms with van der Waals surface area (Å²) in [5.74, 6) is 1.31. The van der Waals surface area contributed by atoms with Crippen LogP contribution in [0.15, 0.2) is 81.4 Å². The fourth-order valence-corrected chi connectivity index (χ4v) is 3.99. The SMILES string of the molecule is Cc1noc(C)c1CC1N=C2C(Cc3ccccc3)=NC(c3ccccc3)=CN2C1=O. The van der Waals surface area contributed by atoms with Crippen molar-refractivity contribution in [2.24, 2.45) is 9.98 Å². The van der Waals surface area contributed by atoms with Crippen LogP contribution in [0.1, 0.15) is 28.1 Å². The number of rotatable bonds is 5. The van der Waals surface area contributed by atoms with E-state index < -0.39 is 6.04 Å². The van der Waals surface area contributed by atoms with Crippen molar-refractivity contribution in [1.29, 1.82) is 0 Å². The highest BCUT2D eigenvalue weighted by Gasteiger charge is 2.38. The van der Waals surface area contributed by atoms with E-state index in [1.807, 2.05) is 62.4 Å². The maximum atomic E-state index is 13.3. The molecule has 1 atom stereocenters. The number of nitrogens with zero attached hydrogens (tertiary/aromatic N) is 4. The number of hydrogen-bond donors (Lipinski definition) is 0. The summed E-state index contributed by atoms with van der Waals surface area (Å²) in [6.07, 6.45) is 2.87. The Bertz CT molecular complexity index is 1200. The fourth-order valence-electron chi connectivity index (χ4n) is 3.99. The molecule has 31 heavy (non-hydrogen) atoms. The van der Waals surface area contributed by atoms with Crippen molar-refractivity contribution in [3.63, 3.8) is 0 Å². The average molecular weight is 410 g/mol. The number of fused-ring (bicyclic) bond motifs is 1. The second-order valence-corrected chi connectivity index (χ2v) is 7.78. The zero-order valence-electron chi connectivity index (χ0n) is 17.4. The predicted molar refractivity (Wildman–Crippen MR) is 120 cm³/mol. The van der Waals surface area contributed by atoms with Gasteiger partial charge in [-0.15, -0.1) is 0 Å². The second kappa shape index (κ2) is 7.80. The minimum Gasteiger partial charge on any atom is -0.361 e. The Morgan fingerprint density at radius 1 is 1.00 bits per heavy atom. The average Bonchev–Trinajstić information content (AvgIpc) is 3.29. The van der Waals surface area contributed by atoms with Crippen molar-refractivity contribution in [3.8, 4) is 0 Å². The van der Waals surface area contributed by atoms with Gasteiger partial charge in [-0.05, 0) is 19.4 Å². The molecule has 2 aromatic carbocycles. The summed E-state index contributed by atoms with van der Waals surface area (Å²) >= 11 is 0. The van der Waals surface area contributed by atoms with Gasteiger partial charge in [0.25, 0.3) is 5.91 Å². The van der Waals surface area contributed by atoms with Gasteiger partial charge in [0.05, 0.1) is 17.1 Å². The first-order valence-electron chi connectivity index (χ1n) is 10.3. The third kappa shape index (κ3) is 3.61. The molecule has 1 amide bonds. The van der Waals surface area contributed by atoms with Crippen LogP contribution in [0.5, 0.6) is 0 Å². The molecule has 5 rings (SSSR count). The highest BCUT2D eigenvalue weighted by atomic mass is 16.5. The summed E-state index contributed by atoms with van der Waals surface area (Å²) in [6.45, 7) is 3.76. The Kier molecular flexibility index (Phi) is 4.82. The zero-order chi connectivity index (χ0) is 21.4. The molecule has 0 saturated heterocycles. The molecule has 0 radical (unpaired) electrons. The number of amides is 1. The Morgan fingerprint density at radius 2 is 1.71 bits per heavy atom. The molecule has 1 aromatic heterocycles. The van der Waals surface area contributed by atoms with Crippen molar-refractivity contribution < 1.29 is 9.32 Å². The highest BCUT2D eigenvalue weighted by molar-refractivity contribution is 6.47. The number of aliphatic imine (C=N–C) groups is 2. The topological polar surface area (TPSA) is 71.1 Å². The summed E-state index contributed by atoms with van der Waals surface area (Å²) in [6, 6.07) is 19.5. The van der Waals surface area contributed by atoms with Crippen LogP contribution < -0.4 is 0 Å². The van der Waals surface area contributed by atoms with E-state index in [1.165, 1.54) is 0 Å². The molecule has 0 N–H and O–H groups in total. The highest BCUT2D eigenvalue weighted by Crippen LogP contribution is 2.28. The number of carbonyl (C=O) groups excluding carboxylic acids is 1. The van der Waals surface area contributed by atoms with Gasteiger partial charge in [-0.3, -0.25) is 14.7 Å². The van der Waals surface area contributed by atoms with Gasteiger partial charge in [0.15, 0.2) is 5.84 Å². The predicted octanol–water partition coefficient (Wildman–Crippen LogP) is 4.14. The lowest BCUT2D eigenvalue weighted by molar-refractivity contribution is -0.125. The van der Waals surface area contributed by atoms with Gasteiger partial charge in [0.1, 0.15) is 11.8 Å². The molecule has 154 valence electrons.